The van der Waals surface area contributed by atoms with Gasteiger partial charge in [0.2, 0.25) is 5.91 Å². The fourth-order valence-corrected chi connectivity index (χ4v) is 2.92. The summed E-state index contributed by atoms with van der Waals surface area (Å²) in [5.41, 5.74) is 3.27. The molecule has 2 aromatic heterocycles. The number of aromatic nitrogens is 4. The minimum absolute atomic E-state index is 0.0258. The predicted molar refractivity (Wildman–Crippen MR) is 89.5 cm³/mol. The Balaban J connectivity index is 1.66. The van der Waals surface area contributed by atoms with Gasteiger partial charge in [0, 0.05) is 35.7 Å². The molecule has 0 bridgehead atoms. The molecule has 0 radical (unpaired) electrons. The highest BCUT2D eigenvalue weighted by atomic mass is 16.2. The summed E-state index contributed by atoms with van der Waals surface area (Å²) in [5, 5.41) is 10.1. The molecule has 2 aromatic rings. The van der Waals surface area contributed by atoms with E-state index in [1.54, 1.807) is 0 Å². The molecular formula is C17H25N5O. The van der Waals surface area contributed by atoms with Crippen LogP contribution in [0.1, 0.15) is 68.9 Å². The van der Waals surface area contributed by atoms with E-state index in [0.29, 0.717) is 17.7 Å². The number of H-pyrrole nitrogens is 2. The Hall–Kier alpha value is -2.11. The average molecular weight is 315 g/mol. The van der Waals surface area contributed by atoms with Crippen LogP contribution < -0.4 is 5.32 Å². The lowest BCUT2D eigenvalue weighted by Gasteiger charge is -2.19. The molecule has 1 unspecified atom stereocenters. The number of amides is 1. The Morgan fingerprint density at radius 2 is 2.09 bits per heavy atom. The quantitative estimate of drug-likeness (QED) is 0.810. The van der Waals surface area contributed by atoms with Crippen molar-refractivity contribution in [2.75, 3.05) is 5.32 Å². The molecule has 0 fully saturated rings. The van der Waals surface area contributed by atoms with Crippen LogP contribution in [-0.2, 0) is 17.6 Å². The van der Waals surface area contributed by atoms with E-state index in [1.165, 1.54) is 0 Å². The zero-order chi connectivity index (χ0) is 16.6. The molecule has 6 heteroatoms. The van der Waals surface area contributed by atoms with Gasteiger partial charge < -0.3 is 10.3 Å². The second-order valence-electron chi connectivity index (χ2n) is 6.99. The van der Waals surface area contributed by atoms with Crippen molar-refractivity contribution in [2.24, 2.45) is 5.92 Å². The summed E-state index contributed by atoms with van der Waals surface area (Å²) in [6.07, 6.45) is 2.42. The number of hydrogen-bond donors (Lipinski definition) is 3. The van der Waals surface area contributed by atoms with E-state index in [0.717, 1.165) is 42.2 Å². The fourth-order valence-electron chi connectivity index (χ4n) is 2.92. The lowest BCUT2D eigenvalue weighted by Crippen LogP contribution is -2.28. The highest BCUT2D eigenvalue weighted by Crippen LogP contribution is 2.27. The molecule has 124 valence electrons. The molecule has 1 atom stereocenters. The van der Waals surface area contributed by atoms with Crippen molar-refractivity contribution < 1.29 is 4.79 Å². The van der Waals surface area contributed by atoms with Gasteiger partial charge in [-0.15, -0.1) is 0 Å². The summed E-state index contributed by atoms with van der Waals surface area (Å²) in [5.74, 6) is 2.39. The zero-order valence-corrected chi connectivity index (χ0v) is 14.2. The normalized spacial score (nSPS) is 17.6. The average Bonchev–Trinajstić information content (AvgIpc) is 3.12. The molecular weight excluding hydrogens is 290 g/mol. The van der Waals surface area contributed by atoms with E-state index in [9.17, 15) is 4.79 Å². The molecule has 6 nitrogen and oxygen atoms in total. The van der Waals surface area contributed by atoms with Crippen molar-refractivity contribution >= 4 is 11.7 Å². The van der Waals surface area contributed by atoms with Gasteiger partial charge in [-0.1, -0.05) is 27.7 Å². The van der Waals surface area contributed by atoms with Crippen molar-refractivity contribution in [3.05, 3.63) is 29.0 Å². The van der Waals surface area contributed by atoms with Crippen LogP contribution in [0.3, 0.4) is 0 Å². The van der Waals surface area contributed by atoms with E-state index in [2.05, 4.69) is 53.2 Å². The third-order valence-corrected chi connectivity index (χ3v) is 4.45. The molecule has 3 rings (SSSR count). The molecule has 1 aliphatic rings. The molecule has 0 saturated heterocycles. The molecule has 0 aliphatic heterocycles. The van der Waals surface area contributed by atoms with Gasteiger partial charge in [0.05, 0.1) is 5.69 Å². The first-order valence-electron chi connectivity index (χ1n) is 8.37. The lowest BCUT2D eigenvalue weighted by molar-refractivity contribution is -0.120. The SMILES string of the molecule is CC(C)c1cc(NC(=O)C2CCc3nc(C(C)C)[nH]c3C2)n[nH]1. The third kappa shape index (κ3) is 3.30. The number of aryl methyl sites for hydroxylation is 1. The number of anilines is 1. The Morgan fingerprint density at radius 1 is 1.30 bits per heavy atom. The molecule has 3 N–H and O–H groups in total. The first-order chi connectivity index (χ1) is 10.9. The molecule has 1 aliphatic carbocycles. The maximum absolute atomic E-state index is 12.5. The van der Waals surface area contributed by atoms with Crippen molar-refractivity contribution in [1.82, 2.24) is 20.2 Å². The van der Waals surface area contributed by atoms with Gasteiger partial charge >= 0.3 is 0 Å². The van der Waals surface area contributed by atoms with Crippen LogP contribution >= 0.6 is 0 Å². The van der Waals surface area contributed by atoms with Gasteiger partial charge in [0.15, 0.2) is 5.82 Å². The van der Waals surface area contributed by atoms with E-state index < -0.39 is 0 Å². The monoisotopic (exact) mass is 315 g/mol. The summed E-state index contributed by atoms with van der Waals surface area (Å²) in [7, 11) is 0. The Morgan fingerprint density at radius 3 is 2.74 bits per heavy atom. The van der Waals surface area contributed by atoms with Crippen LogP contribution in [0.15, 0.2) is 6.07 Å². The molecule has 1 amide bonds. The van der Waals surface area contributed by atoms with Crippen LogP contribution in [0.2, 0.25) is 0 Å². The molecule has 0 spiro atoms. The van der Waals surface area contributed by atoms with Crippen molar-refractivity contribution in [2.45, 2.75) is 58.8 Å². The number of carbonyl (C=O) groups excluding carboxylic acids is 1. The topological polar surface area (TPSA) is 86.5 Å². The predicted octanol–water partition coefficient (Wildman–Crippen LogP) is 3.12. The van der Waals surface area contributed by atoms with Gasteiger partial charge in [-0.05, 0) is 18.8 Å². The van der Waals surface area contributed by atoms with Gasteiger partial charge in [0.1, 0.15) is 5.82 Å². The molecule has 0 aromatic carbocycles. The number of nitrogens with one attached hydrogen (secondary N) is 3. The van der Waals surface area contributed by atoms with Gasteiger partial charge in [-0.25, -0.2) is 4.98 Å². The zero-order valence-electron chi connectivity index (χ0n) is 14.2. The summed E-state index contributed by atoms with van der Waals surface area (Å²) >= 11 is 0. The third-order valence-electron chi connectivity index (χ3n) is 4.45. The largest absolute Gasteiger partial charge is 0.345 e. The second-order valence-corrected chi connectivity index (χ2v) is 6.99. The van der Waals surface area contributed by atoms with Crippen LogP contribution in [-0.4, -0.2) is 26.1 Å². The summed E-state index contributed by atoms with van der Waals surface area (Å²) in [6, 6.07) is 1.91. The first kappa shape index (κ1) is 15.8. The summed E-state index contributed by atoms with van der Waals surface area (Å²) in [6.45, 7) is 8.43. The van der Waals surface area contributed by atoms with E-state index in [1.807, 2.05) is 6.07 Å². The standard InChI is InChI=1S/C17H25N5O/c1-9(2)13-8-15(22-21-13)20-17(23)11-5-6-12-14(7-11)19-16(18-12)10(3)4/h8-11H,5-7H2,1-4H3,(H,18,19)(H2,20,21,22,23). The minimum atomic E-state index is -0.0258. The lowest BCUT2D eigenvalue weighted by atomic mass is 9.89. The van der Waals surface area contributed by atoms with Gasteiger partial charge in [-0.2, -0.15) is 5.10 Å². The van der Waals surface area contributed by atoms with Crippen molar-refractivity contribution in [3.8, 4) is 0 Å². The van der Waals surface area contributed by atoms with Crippen LogP contribution in [0.25, 0.3) is 0 Å². The molecule has 23 heavy (non-hydrogen) atoms. The van der Waals surface area contributed by atoms with Crippen molar-refractivity contribution in [1.29, 1.82) is 0 Å². The smallest absolute Gasteiger partial charge is 0.229 e. The number of aromatic amines is 2. The van der Waals surface area contributed by atoms with Crippen LogP contribution in [0.4, 0.5) is 5.82 Å². The number of imidazole rings is 1. The number of nitrogens with zero attached hydrogens (tertiary/aromatic N) is 2. The number of hydrogen-bond acceptors (Lipinski definition) is 3. The second kappa shape index (κ2) is 6.18. The maximum atomic E-state index is 12.5. The van der Waals surface area contributed by atoms with Crippen LogP contribution in [0, 0.1) is 5.92 Å². The number of fused-ring (bicyclic) bond motifs is 1. The summed E-state index contributed by atoms with van der Waals surface area (Å²) in [4.78, 5) is 20.5. The fraction of sp³-hybridized carbons (Fsp3) is 0.588. The highest BCUT2D eigenvalue weighted by molar-refractivity contribution is 5.92. The Bertz CT molecular complexity index is 698. The maximum Gasteiger partial charge on any atom is 0.229 e. The molecule has 0 saturated carbocycles. The van der Waals surface area contributed by atoms with E-state index in [-0.39, 0.29) is 11.8 Å². The van der Waals surface area contributed by atoms with Gasteiger partial charge in [-0.3, -0.25) is 9.89 Å². The van der Waals surface area contributed by atoms with Crippen molar-refractivity contribution in [3.63, 3.8) is 0 Å². The number of carbonyl (C=O) groups is 1. The first-order valence-corrected chi connectivity index (χ1v) is 8.37. The van der Waals surface area contributed by atoms with Crippen LogP contribution in [0.5, 0.6) is 0 Å². The summed E-state index contributed by atoms with van der Waals surface area (Å²) < 4.78 is 0. The van der Waals surface area contributed by atoms with Gasteiger partial charge in [0.25, 0.3) is 0 Å². The Kier molecular flexibility index (Phi) is 4.24. The number of rotatable bonds is 4. The minimum Gasteiger partial charge on any atom is -0.345 e. The molecule has 2 heterocycles. The van der Waals surface area contributed by atoms with E-state index >= 15 is 0 Å². The highest BCUT2D eigenvalue weighted by Gasteiger charge is 2.28. The van der Waals surface area contributed by atoms with E-state index in [4.69, 9.17) is 0 Å². The Labute approximate surface area is 136 Å².